The Labute approximate surface area is 235 Å². The molecule has 10 nitrogen and oxygen atoms in total. The molecule has 0 saturated heterocycles. The predicted molar refractivity (Wildman–Crippen MR) is 148 cm³/mol. The number of aliphatic imine (C=N–C) groups is 1. The van der Waals surface area contributed by atoms with Crippen molar-refractivity contribution in [3.8, 4) is 0 Å². The Hall–Kier alpha value is -4.43. The highest BCUT2D eigenvalue weighted by molar-refractivity contribution is 7.09. The molecule has 3 aromatic heterocycles. The molecule has 2 aliphatic heterocycles. The summed E-state index contributed by atoms with van der Waals surface area (Å²) in [5.74, 6) is 1.11. The first-order chi connectivity index (χ1) is 18.8. The van der Waals surface area contributed by atoms with E-state index in [1.54, 1.807) is 24.5 Å². The van der Waals surface area contributed by atoms with Crippen molar-refractivity contribution in [3.05, 3.63) is 76.9 Å². The van der Waals surface area contributed by atoms with Crippen LogP contribution in [0.2, 0.25) is 0 Å². The van der Waals surface area contributed by atoms with Gasteiger partial charge in [-0.25, -0.2) is 4.98 Å². The molecule has 2 aliphatic rings. The van der Waals surface area contributed by atoms with Gasteiger partial charge in [0.2, 0.25) is 5.95 Å². The largest absolute Gasteiger partial charge is 0.416 e. The zero-order chi connectivity index (χ0) is 27.1. The molecule has 15 heteroatoms. The Bertz CT molecular complexity index is 1660. The van der Waals surface area contributed by atoms with Crippen molar-refractivity contribution in [2.24, 2.45) is 4.99 Å². The minimum atomic E-state index is -4.58. The third kappa shape index (κ3) is 5.22. The number of pyridine rings is 1. The maximum atomic E-state index is 13.1. The number of anilines is 4. The van der Waals surface area contributed by atoms with Crippen LogP contribution in [0.4, 0.5) is 35.6 Å². The van der Waals surface area contributed by atoms with E-state index in [0.29, 0.717) is 35.5 Å². The van der Waals surface area contributed by atoms with Crippen molar-refractivity contribution in [2.75, 3.05) is 28.6 Å². The summed E-state index contributed by atoms with van der Waals surface area (Å²) in [5.41, 5.74) is 2.47. The lowest BCUT2D eigenvalue weighted by Crippen LogP contribution is -2.32. The van der Waals surface area contributed by atoms with Crippen molar-refractivity contribution >= 4 is 69.8 Å². The number of amides is 1. The second-order valence-electron chi connectivity index (χ2n) is 8.71. The molecule has 6 rings (SSSR count). The second-order valence-corrected chi connectivity index (χ2v) is 9.49. The van der Waals surface area contributed by atoms with Crippen LogP contribution in [0.15, 0.2) is 53.9 Å². The number of aryl methyl sites for hydroxylation is 1. The number of alkyl halides is 3. The van der Waals surface area contributed by atoms with E-state index in [-0.39, 0.29) is 18.1 Å². The minimum absolute atomic E-state index is 0. The topological polar surface area (TPSA) is 121 Å². The normalized spacial score (nSPS) is 13.9. The third-order valence-corrected chi connectivity index (χ3v) is 6.72. The maximum absolute atomic E-state index is 13.1. The lowest BCUT2D eigenvalue weighted by atomic mass is 9.94. The van der Waals surface area contributed by atoms with Crippen LogP contribution >= 0.6 is 23.9 Å². The van der Waals surface area contributed by atoms with Gasteiger partial charge < -0.3 is 15.5 Å². The number of aromatic nitrogens is 5. The van der Waals surface area contributed by atoms with Crippen LogP contribution < -0.4 is 15.5 Å². The van der Waals surface area contributed by atoms with Gasteiger partial charge in [-0.15, -0.1) is 17.5 Å². The van der Waals surface area contributed by atoms with Gasteiger partial charge in [0.25, 0.3) is 5.91 Å². The molecule has 204 valence electrons. The number of hydrogen-bond acceptors (Lipinski definition) is 10. The summed E-state index contributed by atoms with van der Waals surface area (Å²) in [5, 5.41) is 10.3. The molecule has 0 aliphatic carbocycles. The fourth-order valence-electron chi connectivity index (χ4n) is 4.31. The molecule has 0 saturated carbocycles. The molecule has 40 heavy (non-hydrogen) atoms. The molecule has 2 N–H and O–H groups in total. The van der Waals surface area contributed by atoms with Crippen molar-refractivity contribution in [2.45, 2.75) is 13.1 Å². The number of carbonyl (C=O) groups excluding carboxylic acids is 1. The summed E-state index contributed by atoms with van der Waals surface area (Å²) >= 11 is 1.19. The molecule has 0 unspecified atom stereocenters. The van der Waals surface area contributed by atoms with E-state index in [1.165, 1.54) is 11.5 Å². The quantitative estimate of drug-likeness (QED) is 0.326. The number of rotatable bonds is 5. The zero-order valence-electron chi connectivity index (χ0n) is 20.6. The van der Waals surface area contributed by atoms with Gasteiger partial charge in [0, 0.05) is 47.3 Å². The molecule has 1 aromatic carbocycles. The summed E-state index contributed by atoms with van der Waals surface area (Å²) in [7, 11) is 0. The Kier molecular flexibility index (Phi) is 7.21. The van der Waals surface area contributed by atoms with Crippen LogP contribution in [0.3, 0.4) is 0 Å². The SMILES string of the molecule is Cc1ccc(NC(=O)c2cc(C(F)(F)F)ccn2)cc1C1=Cc2cnc(Nc3cnns3)nc2N2CCN=C12.Cl. The average molecular weight is 586 g/mol. The van der Waals surface area contributed by atoms with Gasteiger partial charge in [0.05, 0.1) is 18.3 Å². The smallest absolute Gasteiger partial charge is 0.321 e. The summed E-state index contributed by atoms with van der Waals surface area (Å²) in [6.45, 7) is 3.14. The second kappa shape index (κ2) is 10.6. The van der Waals surface area contributed by atoms with Gasteiger partial charge in [0.15, 0.2) is 0 Å². The van der Waals surface area contributed by atoms with Crippen LogP contribution in [0, 0.1) is 6.92 Å². The van der Waals surface area contributed by atoms with Gasteiger partial charge in [-0.05, 0) is 48.4 Å². The van der Waals surface area contributed by atoms with Gasteiger partial charge >= 0.3 is 6.18 Å². The van der Waals surface area contributed by atoms with Crippen molar-refractivity contribution < 1.29 is 18.0 Å². The number of fused-ring (bicyclic) bond motifs is 3. The number of nitrogens with zero attached hydrogens (tertiary/aromatic N) is 7. The molecule has 0 fully saturated rings. The van der Waals surface area contributed by atoms with Crippen molar-refractivity contribution in [1.82, 2.24) is 24.5 Å². The van der Waals surface area contributed by atoms with E-state index < -0.39 is 17.6 Å². The number of carbonyl (C=O) groups is 1. The average Bonchev–Trinajstić information content (AvgIpc) is 3.62. The molecule has 1 amide bonds. The highest BCUT2D eigenvalue weighted by Gasteiger charge is 2.32. The summed E-state index contributed by atoms with van der Waals surface area (Å²) in [6, 6.07) is 6.83. The summed E-state index contributed by atoms with van der Waals surface area (Å²) in [4.78, 5) is 32.4. The molecule has 4 aromatic rings. The first kappa shape index (κ1) is 27.1. The molecule has 0 radical (unpaired) electrons. The Morgan fingerprint density at radius 3 is 2.75 bits per heavy atom. The number of halogens is 4. The van der Waals surface area contributed by atoms with Crippen LogP contribution in [0.5, 0.6) is 0 Å². The van der Waals surface area contributed by atoms with Crippen LogP contribution in [0.25, 0.3) is 11.6 Å². The molecule has 5 heterocycles. The summed E-state index contributed by atoms with van der Waals surface area (Å²) < 4.78 is 43.1. The molecular weight excluding hydrogens is 567 g/mol. The van der Waals surface area contributed by atoms with E-state index in [1.807, 2.05) is 24.0 Å². The number of hydrogen-bond donors (Lipinski definition) is 2. The fraction of sp³-hybridized carbons (Fsp3) is 0.160. The van der Waals surface area contributed by atoms with E-state index >= 15 is 0 Å². The molecule has 0 spiro atoms. The summed E-state index contributed by atoms with van der Waals surface area (Å²) in [6.07, 6.45) is 1.63. The number of benzene rings is 1. The number of nitrogens with one attached hydrogen (secondary N) is 2. The standard InChI is InChI=1S/C25H18F3N9OS.ClH/c1-13-2-3-16(33-23(38)19-9-15(4-5-29-19)25(26,27)28)10-17(13)18-8-14-11-31-24(34-20-12-32-36-39-20)35-21(14)37-7-6-30-22(18)37;/h2-5,8-12H,6-7H2,1H3,(H,33,38)(H,31,34,35);1H. The van der Waals surface area contributed by atoms with E-state index in [4.69, 9.17) is 4.99 Å². The lowest BCUT2D eigenvalue weighted by Gasteiger charge is -2.28. The Morgan fingerprint density at radius 1 is 1.12 bits per heavy atom. The van der Waals surface area contributed by atoms with Gasteiger partial charge in [-0.1, -0.05) is 10.6 Å². The first-order valence-electron chi connectivity index (χ1n) is 11.7. The highest BCUT2D eigenvalue weighted by Crippen LogP contribution is 2.37. The van der Waals surface area contributed by atoms with E-state index in [2.05, 4.69) is 35.2 Å². The lowest BCUT2D eigenvalue weighted by molar-refractivity contribution is -0.137. The third-order valence-electron chi connectivity index (χ3n) is 6.13. The zero-order valence-corrected chi connectivity index (χ0v) is 22.2. The molecule has 0 bridgehead atoms. The predicted octanol–water partition coefficient (Wildman–Crippen LogP) is 5.24. The van der Waals surface area contributed by atoms with E-state index in [9.17, 15) is 18.0 Å². The monoisotopic (exact) mass is 585 g/mol. The Morgan fingerprint density at radius 2 is 1.98 bits per heavy atom. The Balaban J connectivity index is 0.00000323. The van der Waals surface area contributed by atoms with Crippen molar-refractivity contribution in [1.29, 1.82) is 0 Å². The van der Waals surface area contributed by atoms with Crippen LogP contribution in [-0.4, -0.2) is 49.4 Å². The van der Waals surface area contributed by atoms with E-state index in [0.717, 1.165) is 46.4 Å². The highest BCUT2D eigenvalue weighted by atomic mass is 35.5. The molecular formula is C25H19ClF3N9OS. The van der Waals surface area contributed by atoms with Crippen molar-refractivity contribution in [3.63, 3.8) is 0 Å². The van der Waals surface area contributed by atoms with Gasteiger partial charge in [-0.3, -0.25) is 14.8 Å². The first-order valence-corrected chi connectivity index (χ1v) is 12.4. The maximum Gasteiger partial charge on any atom is 0.416 e. The minimum Gasteiger partial charge on any atom is -0.321 e. The molecule has 0 atom stereocenters. The van der Waals surface area contributed by atoms with Gasteiger partial charge in [-0.2, -0.15) is 18.2 Å². The van der Waals surface area contributed by atoms with Crippen LogP contribution in [-0.2, 0) is 6.18 Å². The van der Waals surface area contributed by atoms with Gasteiger partial charge in [0.1, 0.15) is 22.3 Å². The van der Waals surface area contributed by atoms with Crippen LogP contribution in [0.1, 0.15) is 32.7 Å². The fourth-order valence-corrected chi connectivity index (χ4v) is 4.72. The number of amidine groups is 1.